The number of thiazole rings is 1. The van der Waals surface area contributed by atoms with Gasteiger partial charge in [-0.3, -0.25) is 14.9 Å². The maximum atomic E-state index is 13.2. The van der Waals surface area contributed by atoms with E-state index in [1.165, 1.54) is 35.6 Å². The van der Waals surface area contributed by atoms with E-state index < -0.39 is 17.3 Å². The summed E-state index contributed by atoms with van der Waals surface area (Å²) in [5, 5.41) is 27.4. The van der Waals surface area contributed by atoms with Crippen molar-refractivity contribution in [3.05, 3.63) is 46.2 Å². The number of fused-ring (bicyclic) bond motifs is 2. The zero-order valence-electron chi connectivity index (χ0n) is 20.6. The summed E-state index contributed by atoms with van der Waals surface area (Å²) in [5.74, 6) is -1.15. The lowest BCUT2D eigenvalue weighted by Gasteiger charge is -2.58. The van der Waals surface area contributed by atoms with Crippen molar-refractivity contribution in [2.24, 2.45) is 16.7 Å². The number of rotatable bonds is 6. The van der Waals surface area contributed by atoms with Gasteiger partial charge >= 0.3 is 0 Å². The van der Waals surface area contributed by atoms with Crippen LogP contribution in [0, 0.1) is 22.6 Å². The SMILES string of the molecule is CC(C)NC(=O)C[C@H]1c2nc(NC(=O)c3ccc(F)cc3)sc2C[C@H]2[C@](C)(CO)[C@H](O)CC[C@]21C. The summed E-state index contributed by atoms with van der Waals surface area (Å²) in [6.45, 7) is 7.75. The van der Waals surface area contributed by atoms with Gasteiger partial charge in [-0.2, -0.15) is 0 Å². The molecule has 7 nitrogen and oxygen atoms in total. The van der Waals surface area contributed by atoms with Crippen molar-refractivity contribution >= 4 is 28.3 Å². The number of benzene rings is 1. The highest BCUT2D eigenvalue weighted by Crippen LogP contribution is 2.62. The Labute approximate surface area is 209 Å². The van der Waals surface area contributed by atoms with Crippen molar-refractivity contribution in [3.63, 3.8) is 0 Å². The second kappa shape index (κ2) is 9.59. The predicted octanol–water partition coefficient (Wildman–Crippen LogP) is 3.86. The van der Waals surface area contributed by atoms with Crippen LogP contribution in [-0.4, -0.2) is 45.8 Å². The van der Waals surface area contributed by atoms with Crippen LogP contribution in [0.25, 0.3) is 0 Å². The van der Waals surface area contributed by atoms with Gasteiger partial charge in [-0.15, -0.1) is 11.3 Å². The molecule has 1 heterocycles. The molecule has 2 amide bonds. The second-order valence-electron chi connectivity index (χ2n) is 10.7. The third-order valence-electron chi connectivity index (χ3n) is 8.06. The molecule has 9 heteroatoms. The number of aliphatic hydroxyl groups is 2. The van der Waals surface area contributed by atoms with Gasteiger partial charge in [0.2, 0.25) is 5.91 Å². The minimum absolute atomic E-state index is 0.00559. The average Bonchev–Trinajstić information content (AvgIpc) is 3.20. The fourth-order valence-electron chi connectivity index (χ4n) is 6.04. The molecule has 0 aliphatic heterocycles. The molecule has 0 bridgehead atoms. The molecule has 0 radical (unpaired) electrons. The summed E-state index contributed by atoms with van der Waals surface area (Å²) in [7, 11) is 0. The van der Waals surface area contributed by atoms with E-state index in [4.69, 9.17) is 4.98 Å². The standard InChI is InChI=1S/C26H34FN3O4S/c1-14(2)28-21(33)11-17-22-18(12-19-25(17,3)10-9-20(32)26(19,4)13-31)35-24(29-22)30-23(34)15-5-7-16(27)8-6-15/h5-8,14,17,19-20,31-32H,9-13H2,1-4H3,(H,28,33)(H,29,30,34)/t17-,19+,20+,25-,26-/m0/s1. The van der Waals surface area contributed by atoms with Crippen molar-refractivity contribution in [2.75, 3.05) is 11.9 Å². The van der Waals surface area contributed by atoms with Crippen LogP contribution >= 0.6 is 11.3 Å². The third kappa shape index (κ3) is 4.73. The summed E-state index contributed by atoms with van der Waals surface area (Å²) < 4.78 is 13.2. The van der Waals surface area contributed by atoms with E-state index in [0.29, 0.717) is 30.0 Å². The van der Waals surface area contributed by atoms with Crippen molar-refractivity contribution in [1.29, 1.82) is 0 Å². The first-order valence-corrected chi connectivity index (χ1v) is 12.9. The molecule has 2 aromatic rings. The Morgan fingerprint density at radius 2 is 1.94 bits per heavy atom. The fraction of sp³-hybridized carbons (Fsp3) is 0.577. The molecule has 4 rings (SSSR count). The monoisotopic (exact) mass is 503 g/mol. The number of nitrogens with zero attached hydrogens (tertiary/aromatic N) is 1. The first kappa shape index (κ1) is 25.7. The Balaban J connectivity index is 1.70. The number of amides is 2. The lowest BCUT2D eigenvalue weighted by molar-refractivity contribution is -0.144. The minimum atomic E-state index is -0.709. The van der Waals surface area contributed by atoms with Crippen LogP contribution in [0.15, 0.2) is 24.3 Å². The lowest BCUT2D eigenvalue weighted by atomic mass is 9.47. The molecule has 2 aliphatic rings. The number of hydrogen-bond acceptors (Lipinski definition) is 6. The lowest BCUT2D eigenvalue weighted by Crippen LogP contribution is -2.57. The smallest absolute Gasteiger partial charge is 0.257 e. The summed E-state index contributed by atoms with van der Waals surface area (Å²) >= 11 is 1.36. The van der Waals surface area contributed by atoms with Crippen molar-refractivity contribution in [1.82, 2.24) is 10.3 Å². The number of nitrogens with one attached hydrogen (secondary N) is 2. The first-order valence-electron chi connectivity index (χ1n) is 12.1. The maximum absolute atomic E-state index is 13.2. The van der Waals surface area contributed by atoms with E-state index in [9.17, 15) is 24.2 Å². The van der Waals surface area contributed by atoms with Gasteiger partial charge in [-0.05, 0) is 68.7 Å². The van der Waals surface area contributed by atoms with E-state index in [1.54, 1.807) is 0 Å². The number of hydrogen-bond donors (Lipinski definition) is 4. The number of carbonyl (C=O) groups is 2. The molecule has 1 fully saturated rings. The molecule has 0 saturated heterocycles. The van der Waals surface area contributed by atoms with E-state index in [2.05, 4.69) is 17.6 Å². The third-order valence-corrected chi connectivity index (χ3v) is 9.07. The predicted molar refractivity (Wildman–Crippen MR) is 133 cm³/mol. The van der Waals surface area contributed by atoms with Crippen LogP contribution < -0.4 is 10.6 Å². The summed E-state index contributed by atoms with van der Waals surface area (Å²) in [6, 6.07) is 5.31. The highest BCUT2D eigenvalue weighted by Gasteiger charge is 2.59. The molecule has 1 aromatic heterocycles. The van der Waals surface area contributed by atoms with E-state index in [1.807, 2.05) is 20.8 Å². The van der Waals surface area contributed by atoms with Crippen molar-refractivity contribution in [2.45, 2.75) is 71.4 Å². The highest BCUT2D eigenvalue weighted by atomic mass is 32.1. The fourth-order valence-corrected chi connectivity index (χ4v) is 7.10. The zero-order chi connectivity index (χ0) is 25.5. The molecule has 2 aliphatic carbocycles. The molecule has 0 unspecified atom stereocenters. The highest BCUT2D eigenvalue weighted by molar-refractivity contribution is 7.15. The summed E-state index contributed by atoms with van der Waals surface area (Å²) in [4.78, 5) is 31.4. The van der Waals surface area contributed by atoms with Gasteiger partial charge in [-0.1, -0.05) is 13.8 Å². The Morgan fingerprint density at radius 1 is 1.26 bits per heavy atom. The number of anilines is 1. The van der Waals surface area contributed by atoms with Crippen molar-refractivity contribution in [3.8, 4) is 0 Å². The maximum Gasteiger partial charge on any atom is 0.257 e. The topological polar surface area (TPSA) is 112 Å². The van der Waals surface area contributed by atoms with E-state index >= 15 is 0 Å². The molecule has 4 N–H and O–H groups in total. The molecule has 5 atom stereocenters. The summed E-state index contributed by atoms with van der Waals surface area (Å²) in [5.41, 5.74) is 0.0614. The first-order chi connectivity index (χ1) is 16.5. The normalized spacial score (nSPS) is 29.9. The van der Waals surface area contributed by atoms with Crippen LogP contribution in [0.3, 0.4) is 0 Å². The van der Waals surface area contributed by atoms with Crippen LogP contribution in [0.2, 0.25) is 0 Å². The quantitative estimate of drug-likeness (QED) is 0.478. The number of halogens is 1. The van der Waals surface area contributed by atoms with Gasteiger partial charge in [0.15, 0.2) is 5.13 Å². The van der Waals surface area contributed by atoms with Crippen LogP contribution in [-0.2, 0) is 11.2 Å². The molecular weight excluding hydrogens is 469 g/mol. The van der Waals surface area contributed by atoms with Crippen LogP contribution in [0.4, 0.5) is 9.52 Å². The van der Waals surface area contributed by atoms with Gasteiger partial charge < -0.3 is 15.5 Å². The molecular formula is C26H34FN3O4S. The van der Waals surface area contributed by atoms with Gasteiger partial charge in [0.25, 0.3) is 5.91 Å². The molecule has 1 aromatic carbocycles. The Morgan fingerprint density at radius 3 is 2.57 bits per heavy atom. The largest absolute Gasteiger partial charge is 0.396 e. The number of carbonyl (C=O) groups excluding carboxylic acids is 2. The molecule has 35 heavy (non-hydrogen) atoms. The number of aliphatic hydroxyl groups excluding tert-OH is 2. The Hall–Kier alpha value is -2.36. The Bertz CT molecular complexity index is 1100. The summed E-state index contributed by atoms with van der Waals surface area (Å²) in [6.07, 6.45) is 1.46. The van der Waals surface area contributed by atoms with Gasteiger partial charge in [0, 0.05) is 34.2 Å². The minimum Gasteiger partial charge on any atom is -0.396 e. The van der Waals surface area contributed by atoms with Crippen LogP contribution in [0.1, 0.15) is 73.8 Å². The zero-order valence-corrected chi connectivity index (χ0v) is 21.4. The van der Waals surface area contributed by atoms with E-state index in [0.717, 1.165) is 10.6 Å². The second-order valence-corrected chi connectivity index (χ2v) is 11.8. The molecule has 0 spiro atoms. The Kier molecular flexibility index (Phi) is 7.05. The van der Waals surface area contributed by atoms with Gasteiger partial charge in [-0.25, -0.2) is 9.37 Å². The number of aromatic nitrogens is 1. The van der Waals surface area contributed by atoms with Crippen LogP contribution in [0.5, 0.6) is 0 Å². The van der Waals surface area contributed by atoms with Crippen molar-refractivity contribution < 1.29 is 24.2 Å². The van der Waals surface area contributed by atoms with Gasteiger partial charge in [0.05, 0.1) is 18.4 Å². The van der Waals surface area contributed by atoms with Gasteiger partial charge in [0.1, 0.15) is 5.82 Å². The molecule has 190 valence electrons. The average molecular weight is 504 g/mol. The van der Waals surface area contributed by atoms with E-state index in [-0.39, 0.29) is 48.1 Å². The molecule has 1 saturated carbocycles.